The van der Waals surface area contributed by atoms with Crippen molar-refractivity contribution in [2.24, 2.45) is 0 Å². The summed E-state index contributed by atoms with van der Waals surface area (Å²) in [5.41, 5.74) is 0. The van der Waals surface area contributed by atoms with Crippen LogP contribution in [-0.2, 0) is 10.1 Å². The molecule has 0 aliphatic heterocycles. The summed E-state index contributed by atoms with van der Waals surface area (Å²) in [7, 11) is -4.27. The third-order valence-electron chi connectivity index (χ3n) is 2.16. The minimum absolute atomic E-state index is 0. The maximum absolute atomic E-state index is 10.6. The number of aliphatic hydroxyl groups is 2. The van der Waals surface area contributed by atoms with Gasteiger partial charge < -0.3 is 14.8 Å². The minimum Gasteiger partial charge on any atom is -0.748 e. The topological polar surface area (TPSA) is 101 Å². The molecule has 0 spiro atoms. The molecule has 0 rings (SSSR count). The predicted octanol–water partition coefficient (Wildman–Crippen LogP) is -4.40. The van der Waals surface area contributed by atoms with E-state index < -0.39 is 21.9 Å². The first kappa shape index (κ1) is 19.1. The van der Waals surface area contributed by atoms with E-state index in [2.05, 4.69) is 0 Å². The van der Waals surface area contributed by atoms with Gasteiger partial charge in [-0.15, -0.1) is 0 Å². The molecular weight excluding hydrogens is 245 g/mol. The Hall–Kier alpha value is 0.790. The zero-order valence-corrected chi connectivity index (χ0v) is 12.6. The van der Waals surface area contributed by atoms with E-state index >= 15 is 0 Å². The molecular formula is C8H18NNaO5S. The van der Waals surface area contributed by atoms with Gasteiger partial charge in [0.2, 0.25) is 0 Å². The average Bonchev–Trinajstić information content (AvgIpc) is 2.12. The van der Waals surface area contributed by atoms with Crippen molar-refractivity contribution in [3.63, 3.8) is 0 Å². The number of hydrogen-bond donors (Lipinski definition) is 2. The zero-order chi connectivity index (χ0) is 11.9. The molecule has 0 aromatic rings. The van der Waals surface area contributed by atoms with Crippen molar-refractivity contribution in [1.82, 2.24) is 4.90 Å². The molecule has 0 saturated carbocycles. The van der Waals surface area contributed by atoms with E-state index in [4.69, 9.17) is 10.2 Å². The first-order chi connectivity index (χ1) is 6.94. The fourth-order valence-corrected chi connectivity index (χ4v) is 2.37. The molecule has 2 N–H and O–H groups in total. The van der Waals surface area contributed by atoms with Crippen LogP contribution in [0.3, 0.4) is 0 Å². The Morgan fingerprint density at radius 3 is 1.94 bits per heavy atom. The molecule has 0 radical (unpaired) electrons. The fourth-order valence-electron chi connectivity index (χ4n) is 1.45. The van der Waals surface area contributed by atoms with Gasteiger partial charge in [-0.3, -0.25) is 4.90 Å². The van der Waals surface area contributed by atoms with E-state index in [-0.39, 0.29) is 55.9 Å². The Morgan fingerprint density at radius 2 is 1.69 bits per heavy atom. The number of nitrogens with zero attached hydrogens (tertiary/aromatic N) is 1. The standard InChI is InChI=1S/C8H19NO5S.Na/c1-2-8(7-15(12,13)14)9(3-5-10)4-6-11;/h8,10-11H,2-7H2,1H3,(H,12,13,14);/q;+1/p-1. The van der Waals surface area contributed by atoms with Crippen LogP contribution in [0.1, 0.15) is 13.3 Å². The van der Waals surface area contributed by atoms with Gasteiger partial charge in [0.15, 0.2) is 0 Å². The summed E-state index contributed by atoms with van der Waals surface area (Å²) in [5, 5.41) is 17.5. The van der Waals surface area contributed by atoms with Crippen LogP contribution in [0, 0.1) is 0 Å². The van der Waals surface area contributed by atoms with E-state index in [9.17, 15) is 13.0 Å². The van der Waals surface area contributed by atoms with Crippen molar-refractivity contribution in [3.05, 3.63) is 0 Å². The second kappa shape index (κ2) is 9.78. The summed E-state index contributed by atoms with van der Waals surface area (Å²) in [5.74, 6) is -0.483. The summed E-state index contributed by atoms with van der Waals surface area (Å²) in [4.78, 5) is 1.61. The van der Waals surface area contributed by atoms with Crippen LogP contribution in [0.25, 0.3) is 0 Å². The molecule has 92 valence electrons. The number of hydrogen-bond acceptors (Lipinski definition) is 6. The minimum atomic E-state index is -4.27. The van der Waals surface area contributed by atoms with Crippen LogP contribution in [0.4, 0.5) is 0 Å². The van der Waals surface area contributed by atoms with Gasteiger partial charge in [-0.05, 0) is 6.42 Å². The zero-order valence-electron chi connectivity index (χ0n) is 9.79. The van der Waals surface area contributed by atoms with Gasteiger partial charge in [-0.1, -0.05) is 6.92 Å². The Bertz CT molecular complexity index is 253. The van der Waals surface area contributed by atoms with Crippen LogP contribution in [0.15, 0.2) is 0 Å². The van der Waals surface area contributed by atoms with E-state index in [1.807, 2.05) is 0 Å². The van der Waals surface area contributed by atoms with Crippen molar-refractivity contribution in [3.8, 4) is 0 Å². The Labute approximate surface area is 119 Å². The quantitative estimate of drug-likeness (QED) is 0.339. The molecule has 0 saturated heterocycles. The summed E-state index contributed by atoms with van der Waals surface area (Å²) in [6.45, 7) is 2.02. The predicted molar refractivity (Wildman–Crippen MR) is 54.4 cm³/mol. The van der Waals surface area contributed by atoms with Crippen molar-refractivity contribution in [2.75, 3.05) is 32.1 Å². The molecule has 0 fully saturated rings. The van der Waals surface area contributed by atoms with Gasteiger partial charge in [0, 0.05) is 19.1 Å². The van der Waals surface area contributed by atoms with Gasteiger partial charge in [-0.2, -0.15) is 0 Å². The molecule has 0 bridgehead atoms. The molecule has 0 amide bonds. The van der Waals surface area contributed by atoms with Crippen LogP contribution in [0.5, 0.6) is 0 Å². The third-order valence-corrected chi connectivity index (χ3v) is 2.95. The van der Waals surface area contributed by atoms with Gasteiger partial charge >= 0.3 is 29.6 Å². The Morgan fingerprint density at radius 1 is 1.25 bits per heavy atom. The second-order valence-electron chi connectivity index (χ2n) is 3.27. The van der Waals surface area contributed by atoms with Crippen molar-refractivity contribution >= 4 is 10.1 Å². The molecule has 16 heavy (non-hydrogen) atoms. The van der Waals surface area contributed by atoms with Crippen molar-refractivity contribution in [1.29, 1.82) is 0 Å². The van der Waals surface area contributed by atoms with Gasteiger partial charge in [0.1, 0.15) is 0 Å². The Kier molecular flexibility index (Phi) is 11.7. The van der Waals surface area contributed by atoms with E-state index in [1.165, 1.54) is 0 Å². The average molecular weight is 263 g/mol. The van der Waals surface area contributed by atoms with E-state index in [0.29, 0.717) is 6.42 Å². The van der Waals surface area contributed by atoms with Gasteiger partial charge in [0.05, 0.1) is 29.1 Å². The summed E-state index contributed by atoms with van der Waals surface area (Å²) in [6.07, 6.45) is 0.488. The Balaban J connectivity index is 0. The molecule has 0 heterocycles. The molecule has 0 aromatic heterocycles. The first-order valence-corrected chi connectivity index (χ1v) is 6.41. The van der Waals surface area contributed by atoms with E-state index in [1.54, 1.807) is 11.8 Å². The fraction of sp³-hybridized carbons (Fsp3) is 1.00. The molecule has 0 aliphatic rings. The van der Waals surface area contributed by atoms with Crippen LogP contribution in [0.2, 0.25) is 0 Å². The monoisotopic (exact) mass is 263 g/mol. The van der Waals surface area contributed by atoms with Crippen molar-refractivity contribution < 1.29 is 52.7 Å². The van der Waals surface area contributed by atoms with Crippen LogP contribution >= 0.6 is 0 Å². The normalized spacial score (nSPS) is 13.6. The first-order valence-electron chi connectivity index (χ1n) is 4.84. The third kappa shape index (κ3) is 8.89. The van der Waals surface area contributed by atoms with Gasteiger partial charge in [-0.25, -0.2) is 8.42 Å². The number of rotatable bonds is 8. The summed E-state index contributed by atoms with van der Waals surface area (Å²) < 4.78 is 31.8. The molecule has 8 heteroatoms. The number of aliphatic hydroxyl groups excluding tert-OH is 2. The molecule has 0 aromatic carbocycles. The largest absolute Gasteiger partial charge is 1.00 e. The molecule has 6 nitrogen and oxygen atoms in total. The van der Waals surface area contributed by atoms with Crippen LogP contribution < -0.4 is 29.6 Å². The summed E-state index contributed by atoms with van der Waals surface area (Å²) in [6, 6.07) is -0.438. The van der Waals surface area contributed by atoms with Crippen molar-refractivity contribution in [2.45, 2.75) is 19.4 Å². The summed E-state index contributed by atoms with van der Waals surface area (Å²) >= 11 is 0. The maximum atomic E-state index is 10.6. The van der Waals surface area contributed by atoms with Crippen LogP contribution in [-0.4, -0.2) is 66.2 Å². The van der Waals surface area contributed by atoms with Gasteiger partial charge in [0.25, 0.3) is 0 Å². The van der Waals surface area contributed by atoms with E-state index in [0.717, 1.165) is 0 Å². The SMILES string of the molecule is CCC(CS(=O)(=O)[O-])N(CCO)CCO.[Na+]. The maximum Gasteiger partial charge on any atom is 1.00 e. The second-order valence-corrected chi connectivity index (χ2v) is 4.72. The molecule has 0 aliphatic carbocycles. The smallest absolute Gasteiger partial charge is 0.748 e. The molecule has 1 unspecified atom stereocenters. The molecule has 1 atom stereocenters.